The van der Waals surface area contributed by atoms with Crippen molar-refractivity contribution in [1.82, 2.24) is 50.2 Å². The Bertz CT molecular complexity index is 2680. The maximum absolute atomic E-state index is 13.7. The van der Waals surface area contributed by atoms with Crippen molar-refractivity contribution in [2.45, 2.75) is 62.4 Å². The number of aromatic nitrogens is 8. The summed E-state index contributed by atoms with van der Waals surface area (Å²) >= 11 is 13.6. The highest BCUT2D eigenvalue weighted by molar-refractivity contribution is 7.98. The lowest BCUT2D eigenvalue weighted by atomic mass is 9.86. The molecule has 2 aliphatic heterocycles. The first kappa shape index (κ1) is 45.6. The molecule has 65 heavy (non-hydrogen) atoms. The van der Waals surface area contributed by atoms with E-state index in [1.165, 1.54) is 11.8 Å². The Labute approximate surface area is 390 Å². The van der Waals surface area contributed by atoms with Crippen molar-refractivity contribution in [3.8, 4) is 23.3 Å². The van der Waals surface area contributed by atoms with Gasteiger partial charge >= 0.3 is 0 Å². The number of nitrogens with one attached hydrogen (secondary N) is 2. The number of amides is 2. The molecule has 3 aromatic heterocycles. The van der Waals surface area contributed by atoms with Crippen LogP contribution in [0, 0.1) is 17.8 Å². The number of nitrogens with two attached hydrogens (primary N) is 1. The molecule has 0 aliphatic carbocycles. The number of carbonyl (C=O) groups is 2. The number of hydrogen-bond acceptors (Lipinski definition) is 14. The minimum absolute atomic E-state index is 0.0894. The van der Waals surface area contributed by atoms with Gasteiger partial charge in [-0.15, -0.1) is 10.2 Å². The van der Waals surface area contributed by atoms with Gasteiger partial charge in [0.2, 0.25) is 5.91 Å². The van der Waals surface area contributed by atoms with E-state index in [-0.39, 0.29) is 24.3 Å². The summed E-state index contributed by atoms with van der Waals surface area (Å²) in [7, 11) is 0. The molecule has 0 unspecified atom stereocenters. The molecule has 1 spiro atoms. The number of likely N-dealkylation sites (tertiary alicyclic amines) is 1. The number of ether oxygens (including phenoxy) is 3. The van der Waals surface area contributed by atoms with Crippen LogP contribution in [0.25, 0.3) is 11.2 Å². The zero-order valence-corrected chi connectivity index (χ0v) is 38.2. The summed E-state index contributed by atoms with van der Waals surface area (Å²) in [5.41, 5.74) is 10.2. The van der Waals surface area contributed by atoms with Gasteiger partial charge in [-0.3, -0.25) is 9.59 Å². The lowest BCUT2D eigenvalue weighted by molar-refractivity contribution is -0.148. The fourth-order valence-electron chi connectivity index (χ4n) is 7.53. The molecule has 0 bridgehead atoms. The third kappa shape index (κ3) is 11.5. The summed E-state index contributed by atoms with van der Waals surface area (Å²) in [5, 5.41) is 25.0. The molecule has 4 N–H and O–H groups in total. The first-order valence-corrected chi connectivity index (χ1v) is 23.0. The molecule has 17 nitrogen and oxygen atoms in total. The van der Waals surface area contributed by atoms with E-state index in [4.69, 9.17) is 48.1 Å². The largest absolute Gasteiger partial charge is 0.448 e. The second kappa shape index (κ2) is 20.9. The number of anilines is 1. The van der Waals surface area contributed by atoms with E-state index >= 15 is 0 Å². The van der Waals surface area contributed by atoms with Crippen molar-refractivity contribution >= 4 is 63.8 Å². The number of thioether (sulfide) groups is 1. The van der Waals surface area contributed by atoms with Gasteiger partial charge in [-0.05, 0) is 59.5 Å². The predicted octanol–water partition coefficient (Wildman–Crippen LogP) is 5.55. The van der Waals surface area contributed by atoms with Crippen LogP contribution in [-0.2, 0) is 33.2 Å². The van der Waals surface area contributed by atoms with Gasteiger partial charge < -0.3 is 35.5 Å². The van der Waals surface area contributed by atoms with Gasteiger partial charge in [-0.25, -0.2) is 19.3 Å². The summed E-state index contributed by atoms with van der Waals surface area (Å²) in [6.45, 7) is 7.95. The lowest BCUT2D eigenvalue weighted by Crippen LogP contribution is -2.52. The van der Waals surface area contributed by atoms with E-state index in [1.54, 1.807) is 27.6 Å². The number of nitrogens with zero attached hydrogens (tertiary/aromatic N) is 9. The third-order valence-electron chi connectivity index (χ3n) is 10.8. The Morgan fingerprint density at radius 1 is 0.938 bits per heavy atom. The minimum Gasteiger partial charge on any atom is -0.448 e. The SMILES string of the molecule is CC(C)[C@@H](C(=O)N1CCC2(CC1)Oc1ccc(C#CC(=O)NCCOCCn3cc(CSc4nc(NCCN)c5nnn(Cc6ccc(Cl)cc6)c5n4)nn3)cc1O2)c1ccc(Cl)cc1. The number of piperidine rings is 1. The lowest BCUT2D eigenvalue weighted by Gasteiger charge is -2.39. The Hall–Kier alpha value is -5.97. The van der Waals surface area contributed by atoms with Gasteiger partial charge in [0.15, 0.2) is 33.6 Å². The van der Waals surface area contributed by atoms with Gasteiger partial charge in [-0.1, -0.05) is 89.4 Å². The molecule has 6 aromatic rings. The van der Waals surface area contributed by atoms with E-state index in [0.717, 1.165) is 16.8 Å². The van der Waals surface area contributed by atoms with E-state index < -0.39 is 11.7 Å². The second-order valence-corrected chi connectivity index (χ2v) is 17.7. The van der Waals surface area contributed by atoms with Crippen LogP contribution >= 0.6 is 35.0 Å². The standard InChI is InChI=1S/C45H48Cl2N12O5S/c1-29(2)39(32-7-11-34(47)12-8-32)43(61)57-20-15-45(16-21-57)63-36-13-5-30(25-37(36)64-45)6-14-38(60)49-19-23-62-24-22-58-27-35(53-55-58)28-65-44-51-41(50-18-17-48)40-42(52-44)59(56-54-40)26-31-3-9-33(46)10-4-31/h3-5,7-13,25,27,29,39H,15-24,26,28,48H2,1-2H3,(H,49,60)(H,50,51,52)/t39-/m1/s1. The van der Waals surface area contributed by atoms with Crippen molar-refractivity contribution in [3.63, 3.8) is 0 Å². The van der Waals surface area contributed by atoms with Gasteiger partial charge in [0.25, 0.3) is 11.7 Å². The monoisotopic (exact) mass is 938 g/mol. The third-order valence-corrected chi connectivity index (χ3v) is 12.2. The maximum Gasteiger partial charge on any atom is 0.296 e. The molecule has 1 fully saturated rings. The number of fused-ring (bicyclic) bond motifs is 2. The van der Waals surface area contributed by atoms with Crippen LogP contribution in [0.5, 0.6) is 11.5 Å². The van der Waals surface area contributed by atoms with Gasteiger partial charge in [0, 0.05) is 79.0 Å². The zero-order valence-electron chi connectivity index (χ0n) is 35.9. The van der Waals surface area contributed by atoms with Crippen molar-refractivity contribution in [1.29, 1.82) is 0 Å². The quantitative estimate of drug-likeness (QED) is 0.0445. The van der Waals surface area contributed by atoms with E-state index in [9.17, 15) is 9.59 Å². The number of rotatable bonds is 17. The molecular weight excluding hydrogens is 892 g/mol. The maximum atomic E-state index is 13.7. The molecule has 0 radical (unpaired) electrons. The molecule has 2 amide bonds. The van der Waals surface area contributed by atoms with Crippen LogP contribution < -0.4 is 25.8 Å². The smallest absolute Gasteiger partial charge is 0.296 e. The predicted molar refractivity (Wildman–Crippen MR) is 247 cm³/mol. The molecule has 2 aliphatic rings. The topological polar surface area (TPSA) is 202 Å². The molecule has 20 heteroatoms. The Morgan fingerprint density at radius 3 is 2.45 bits per heavy atom. The van der Waals surface area contributed by atoms with E-state index in [0.29, 0.717) is 120 Å². The van der Waals surface area contributed by atoms with Gasteiger partial charge in [0.1, 0.15) is 0 Å². The van der Waals surface area contributed by atoms with Crippen LogP contribution in [0.2, 0.25) is 10.0 Å². The molecule has 1 atom stereocenters. The highest BCUT2D eigenvalue weighted by atomic mass is 35.5. The van der Waals surface area contributed by atoms with E-state index in [1.807, 2.05) is 59.6 Å². The van der Waals surface area contributed by atoms with Crippen molar-refractivity contribution < 1.29 is 23.8 Å². The molecule has 338 valence electrons. The van der Waals surface area contributed by atoms with Crippen molar-refractivity contribution in [3.05, 3.63) is 105 Å². The van der Waals surface area contributed by atoms with Gasteiger partial charge in [0.05, 0.1) is 37.9 Å². The molecule has 5 heterocycles. The first-order valence-electron chi connectivity index (χ1n) is 21.3. The molecular formula is C45H48Cl2N12O5S. The normalized spacial score (nSPS) is 14.4. The molecule has 1 saturated heterocycles. The van der Waals surface area contributed by atoms with Crippen LogP contribution in [0.3, 0.4) is 0 Å². The highest BCUT2D eigenvalue weighted by Gasteiger charge is 2.46. The molecule has 8 rings (SSSR count). The summed E-state index contributed by atoms with van der Waals surface area (Å²) in [4.78, 5) is 37.5. The number of benzene rings is 3. The van der Waals surface area contributed by atoms with Crippen LogP contribution in [0.15, 0.2) is 78.1 Å². The molecule has 3 aromatic carbocycles. The highest BCUT2D eigenvalue weighted by Crippen LogP contribution is 2.44. The van der Waals surface area contributed by atoms with Crippen LogP contribution in [0.1, 0.15) is 55.0 Å². The second-order valence-electron chi connectivity index (χ2n) is 15.9. The summed E-state index contributed by atoms with van der Waals surface area (Å²) < 4.78 is 21.8. The van der Waals surface area contributed by atoms with Gasteiger partial charge in [-0.2, -0.15) is 0 Å². The van der Waals surface area contributed by atoms with Crippen LogP contribution in [0.4, 0.5) is 5.82 Å². The summed E-state index contributed by atoms with van der Waals surface area (Å²) in [6, 6.07) is 20.4. The fraction of sp³-hybridized carbons (Fsp3) is 0.378. The number of halogens is 2. The number of hydrogen-bond donors (Lipinski definition) is 3. The average Bonchev–Trinajstić information content (AvgIpc) is 4.03. The first-order chi connectivity index (χ1) is 31.5. The Morgan fingerprint density at radius 2 is 1.69 bits per heavy atom. The number of carbonyl (C=O) groups excluding carboxylic acids is 2. The van der Waals surface area contributed by atoms with Crippen molar-refractivity contribution in [2.75, 3.05) is 51.3 Å². The Kier molecular flexibility index (Phi) is 14.7. The zero-order chi connectivity index (χ0) is 45.3. The average molecular weight is 940 g/mol. The molecule has 0 saturated carbocycles. The minimum atomic E-state index is -0.852. The van der Waals surface area contributed by atoms with Crippen molar-refractivity contribution in [2.24, 2.45) is 11.7 Å². The Balaban J connectivity index is 0.750. The van der Waals surface area contributed by atoms with Crippen LogP contribution in [-0.4, -0.2) is 108 Å². The van der Waals surface area contributed by atoms with E-state index in [2.05, 4.69) is 61.9 Å². The summed E-state index contributed by atoms with van der Waals surface area (Å²) in [5.74, 6) is 6.43. The summed E-state index contributed by atoms with van der Waals surface area (Å²) in [6.07, 6.45) is 2.89. The fourth-order valence-corrected chi connectivity index (χ4v) is 8.50.